The van der Waals surface area contributed by atoms with E-state index in [-0.39, 0.29) is 40.6 Å². The Hall–Kier alpha value is -1.43. The highest BCUT2D eigenvalue weighted by atomic mass is 16.5. The van der Waals surface area contributed by atoms with Crippen molar-refractivity contribution in [1.29, 1.82) is 0 Å². The van der Waals surface area contributed by atoms with Crippen molar-refractivity contribution >= 4 is 17.7 Å². The lowest BCUT2D eigenvalue weighted by Crippen LogP contribution is -2.55. The first-order chi connectivity index (χ1) is 18.3. The van der Waals surface area contributed by atoms with Crippen LogP contribution in [-0.4, -0.2) is 35.8 Å². The molecule has 0 heterocycles. The van der Waals surface area contributed by atoms with E-state index in [9.17, 15) is 14.4 Å². The van der Waals surface area contributed by atoms with Gasteiger partial charge in [0.05, 0.1) is 6.04 Å². The van der Waals surface area contributed by atoms with Gasteiger partial charge in [-0.1, -0.05) is 41.5 Å². The summed E-state index contributed by atoms with van der Waals surface area (Å²) < 4.78 is 6.14. The van der Waals surface area contributed by atoms with Crippen molar-refractivity contribution < 1.29 is 19.1 Å². The van der Waals surface area contributed by atoms with Crippen molar-refractivity contribution in [2.45, 2.75) is 137 Å². The fourth-order valence-electron chi connectivity index (χ4n) is 9.82. The van der Waals surface area contributed by atoms with Crippen LogP contribution in [0.4, 0.5) is 0 Å². The van der Waals surface area contributed by atoms with Gasteiger partial charge in [-0.05, 0) is 124 Å². The summed E-state index contributed by atoms with van der Waals surface area (Å²) in [5, 5.41) is 2.92. The number of carbonyl (C=O) groups is 3. The van der Waals surface area contributed by atoms with Crippen LogP contribution < -0.4 is 11.1 Å². The highest BCUT2D eigenvalue weighted by molar-refractivity contribution is 5.87. The molecular weight excluding hydrogens is 488 g/mol. The average Bonchev–Trinajstić information content (AvgIpc) is 3.20. The third-order valence-corrected chi connectivity index (χ3v) is 11.8. The number of amides is 1. The first-order valence-corrected chi connectivity index (χ1v) is 16.0. The molecule has 4 fully saturated rings. The predicted molar refractivity (Wildman–Crippen MR) is 155 cm³/mol. The second-order valence-corrected chi connectivity index (χ2v) is 15.2. The fraction of sp³-hybridized carbons (Fsp3) is 0.909. The zero-order valence-electron chi connectivity index (χ0n) is 25.8. The topological polar surface area (TPSA) is 98.5 Å². The van der Waals surface area contributed by atoms with Crippen LogP contribution in [0, 0.1) is 52.3 Å². The van der Waals surface area contributed by atoms with E-state index in [4.69, 9.17) is 10.5 Å². The smallest absolute Gasteiger partial charge is 0.328 e. The number of nitrogens with one attached hydrogen (secondary N) is 1. The van der Waals surface area contributed by atoms with E-state index in [2.05, 4.69) is 33.0 Å². The molecule has 0 aromatic carbocycles. The minimum absolute atomic E-state index is 0.0783. The fourth-order valence-corrected chi connectivity index (χ4v) is 9.82. The summed E-state index contributed by atoms with van der Waals surface area (Å²) in [4.78, 5) is 38.5. The Morgan fingerprint density at radius 1 is 0.872 bits per heavy atom. The zero-order valence-corrected chi connectivity index (χ0v) is 25.8. The van der Waals surface area contributed by atoms with E-state index in [1.54, 1.807) is 0 Å². The van der Waals surface area contributed by atoms with Crippen LogP contribution in [0.3, 0.4) is 0 Å². The molecule has 3 N–H and O–H groups in total. The van der Waals surface area contributed by atoms with Gasteiger partial charge in [0.15, 0.2) is 0 Å². The zero-order chi connectivity index (χ0) is 28.7. The van der Waals surface area contributed by atoms with E-state index >= 15 is 0 Å². The maximum absolute atomic E-state index is 13.3. The number of carbonyl (C=O) groups excluding carboxylic acids is 3. The maximum atomic E-state index is 13.3. The Kier molecular flexibility index (Phi) is 9.25. The monoisotopic (exact) mass is 544 g/mol. The molecule has 4 aliphatic carbocycles. The Labute approximate surface area is 237 Å². The number of hydrogen-bond acceptors (Lipinski definition) is 5. The highest BCUT2D eigenvalue weighted by Crippen LogP contribution is 2.67. The summed E-state index contributed by atoms with van der Waals surface area (Å²) in [7, 11) is 0. The van der Waals surface area contributed by atoms with Crippen molar-refractivity contribution in [2.24, 2.45) is 58.0 Å². The molecule has 0 bridgehead atoms. The summed E-state index contributed by atoms with van der Waals surface area (Å²) in [6.45, 7) is 14.9. The minimum atomic E-state index is -0.646. The number of fused-ring (bicyclic) bond motifs is 5. The third kappa shape index (κ3) is 6.11. The Morgan fingerprint density at radius 3 is 2.15 bits per heavy atom. The van der Waals surface area contributed by atoms with Crippen LogP contribution in [0.1, 0.15) is 119 Å². The molecule has 0 spiro atoms. The van der Waals surface area contributed by atoms with Gasteiger partial charge in [0.1, 0.15) is 17.9 Å². The van der Waals surface area contributed by atoms with Crippen molar-refractivity contribution in [3.63, 3.8) is 0 Å². The summed E-state index contributed by atoms with van der Waals surface area (Å²) in [5.41, 5.74) is 6.58. The quantitative estimate of drug-likeness (QED) is 0.344. The van der Waals surface area contributed by atoms with E-state index < -0.39 is 12.1 Å². The number of ketones is 1. The summed E-state index contributed by atoms with van der Waals surface area (Å²) in [5.74, 6) is 3.35. The molecule has 39 heavy (non-hydrogen) atoms. The van der Waals surface area contributed by atoms with Crippen LogP contribution in [-0.2, 0) is 19.1 Å². The van der Waals surface area contributed by atoms with Gasteiger partial charge in [-0.2, -0.15) is 0 Å². The highest BCUT2D eigenvalue weighted by Gasteiger charge is 2.61. The van der Waals surface area contributed by atoms with Gasteiger partial charge in [0.25, 0.3) is 0 Å². The maximum Gasteiger partial charge on any atom is 0.328 e. The normalized spacial score (nSPS) is 39.3. The van der Waals surface area contributed by atoms with Gasteiger partial charge in [-0.25, -0.2) is 4.79 Å². The Bertz CT molecular complexity index is 917. The van der Waals surface area contributed by atoms with Crippen LogP contribution in [0.25, 0.3) is 0 Å². The van der Waals surface area contributed by atoms with Crippen LogP contribution in [0.2, 0.25) is 0 Å². The number of Topliss-reactive ketones (excluding diaryl/α,β-unsaturated/α-hetero) is 1. The molecule has 6 nitrogen and oxygen atoms in total. The first-order valence-electron chi connectivity index (χ1n) is 16.0. The van der Waals surface area contributed by atoms with Crippen molar-refractivity contribution in [3.8, 4) is 0 Å². The van der Waals surface area contributed by atoms with Crippen molar-refractivity contribution in [2.75, 3.05) is 0 Å². The third-order valence-electron chi connectivity index (χ3n) is 11.8. The molecule has 0 aromatic rings. The second-order valence-electron chi connectivity index (χ2n) is 15.2. The molecule has 0 saturated heterocycles. The number of nitrogens with two attached hydrogens (primary N) is 1. The van der Waals surface area contributed by atoms with Crippen LogP contribution in [0.5, 0.6) is 0 Å². The number of esters is 1. The molecule has 0 unspecified atom stereocenters. The van der Waals surface area contributed by atoms with Gasteiger partial charge < -0.3 is 15.8 Å². The molecule has 0 aromatic heterocycles. The molecule has 4 saturated carbocycles. The van der Waals surface area contributed by atoms with Gasteiger partial charge in [0.2, 0.25) is 5.91 Å². The van der Waals surface area contributed by atoms with E-state index in [0.717, 1.165) is 31.6 Å². The molecule has 4 rings (SSSR count). The largest absolute Gasteiger partial charge is 0.461 e. The molecule has 6 heteroatoms. The molecule has 222 valence electrons. The Balaban J connectivity index is 1.38. The molecule has 0 radical (unpaired) electrons. The van der Waals surface area contributed by atoms with Gasteiger partial charge >= 0.3 is 5.97 Å². The number of ether oxygens (including phenoxy) is 1. The lowest BCUT2D eigenvalue weighted by molar-refractivity contribution is -0.166. The van der Waals surface area contributed by atoms with E-state index in [0.29, 0.717) is 42.3 Å². The predicted octanol–water partition coefficient (Wildman–Crippen LogP) is 6.05. The van der Waals surface area contributed by atoms with Gasteiger partial charge in [0, 0.05) is 5.92 Å². The number of hydrogen-bond donors (Lipinski definition) is 2. The van der Waals surface area contributed by atoms with E-state index in [1.165, 1.54) is 32.1 Å². The van der Waals surface area contributed by atoms with Gasteiger partial charge in [-0.3, -0.25) is 9.59 Å². The standard InChI is InChI=1S/C33H56N2O4/c1-19(2)16-28(34)30(37)35-29(17-20(3)4)31(38)39-23-12-14-32(6)22(18-23)8-9-24-26-11-10-25(21(5)36)33(26,7)15-13-27(24)32/h19-20,22-29H,8-18,34H2,1-7H3,(H,35,37)/t22-,23+,24-,25+,26-,27-,28-,29-,32-,33+/m0/s1. The van der Waals surface area contributed by atoms with Crippen LogP contribution in [0.15, 0.2) is 0 Å². The summed E-state index contributed by atoms with van der Waals surface area (Å²) >= 11 is 0. The lowest BCUT2D eigenvalue weighted by atomic mass is 9.44. The first kappa shape index (κ1) is 30.5. The van der Waals surface area contributed by atoms with Crippen molar-refractivity contribution in [3.05, 3.63) is 0 Å². The molecule has 10 atom stereocenters. The van der Waals surface area contributed by atoms with Gasteiger partial charge in [-0.15, -0.1) is 0 Å². The molecule has 1 amide bonds. The molecule has 4 aliphatic rings. The SMILES string of the molecule is CC(=O)[C@H]1CC[C@H]2[C@@H]3CC[C@H]4C[C@H](OC(=O)[C@H](CC(C)C)NC(=O)[C@@H](N)CC(C)C)CC[C@]4(C)[C@H]3CC[C@]12C. The lowest BCUT2D eigenvalue weighted by Gasteiger charge is -2.61. The molecule has 0 aliphatic heterocycles. The van der Waals surface area contributed by atoms with E-state index in [1.807, 2.05) is 20.8 Å². The van der Waals surface area contributed by atoms with Crippen molar-refractivity contribution in [1.82, 2.24) is 5.32 Å². The molecular formula is C33H56N2O4. The summed E-state index contributed by atoms with van der Waals surface area (Å²) in [6.07, 6.45) is 11.1. The summed E-state index contributed by atoms with van der Waals surface area (Å²) in [6, 6.07) is -1.26. The second kappa shape index (κ2) is 11.8. The average molecular weight is 545 g/mol. The minimum Gasteiger partial charge on any atom is -0.461 e. The Morgan fingerprint density at radius 2 is 1.51 bits per heavy atom. The van der Waals surface area contributed by atoms with Crippen LogP contribution >= 0.6 is 0 Å². The number of rotatable bonds is 9.